The number of rotatable bonds is 36. The number of nitrogens with one attached hydrogen (secondary N) is 1. The highest BCUT2D eigenvalue weighted by atomic mass is 28.4. The predicted octanol–water partition coefficient (Wildman–Crippen LogP) is 7.78. The Morgan fingerprint density at radius 2 is 0.707 bits per heavy atom. The summed E-state index contributed by atoms with van der Waals surface area (Å²) in [5.74, 6) is 1.77. The van der Waals surface area contributed by atoms with Crippen LogP contribution in [-0.2, 0) is 57.9 Å². The first-order valence-corrected chi connectivity index (χ1v) is 35.4. The van der Waals surface area contributed by atoms with Crippen LogP contribution in [0, 0.1) is 17.8 Å². The molecule has 1 aliphatic carbocycles. The van der Waals surface area contributed by atoms with E-state index >= 15 is 0 Å². The van der Waals surface area contributed by atoms with Crippen LogP contribution in [-0.4, -0.2) is 149 Å². The second kappa shape index (κ2) is 28.2. The minimum Gasteiger partial charge on any atom is -0.377 e. The van der Waals surface area contributed by atoms with E-state index in [1.54, 1.807) is 92.2 Å². The molecule has 0 bridgehead atoms. The molecular weight excluding hydrogens is 847 g/mol. The Morgan fingerprint density at radius 3 is 0.983 bits per heavy atom. The molecule has 3 atom stereocenters. The van der Waals surface area contributed by atoms with E-state index in [1.165, 1.54) is 61.9 Å². The molecule has 1 N–H and O–H groups in total. The molecule has 0 spiro atoms. The van der Waals surface area contributed by atoms with E-state index in [-0.39, 0.29) is 5.91 Å². The van der Waals surface area contributed by atoms with Gasteiger partial charge in [-0.1, -0.05) is 87.9 Å². The van der Waals surface area contributed by atoms with Gasteiger partial charge in [-0.15, -0.1) is 0 Å². The summed E-state index contributed by atoms with van der Waals surface area (Å²) < 4.78 is 69.4. The average molecular weight is 935 g/mol. The van der Waals surface area contributed by atoms with Gasteiger partial charge in [0.25, 0.3) is 0 Å². The molecule has 0 aromatic heterocycles. The molecule has 1 saturated carbocycles. The highest BCUT2D eigenvalue weighted by molar-refractivity contribution is 6.79. The SMILES string of the molecule is CO[Si](CCC[Si](C)(CCC[Si](OC)(OC)OC)CCC1CC(CC[Si](C)(CCC[Si](OC)(OC)OC)CCC[Si](OC)(OC)OC)C(CNC(C)=O)C1)(OC)OC. The van der Waals surface area contributed by atoms with Crippen molar-refractivity contribution in [1.82, 2.24) is 5.32 Å². The Balaban J connectivity index is 3.23. The van der Waals surface area contributed by atoms with Crippen molar-refractivity contribution in [2.45, 2.75) is 132 Å². The lowest BCUT2D eigenvalue weighted by Gasteiger charge is -2.33. The van der Waals surface area contributed by atoms with E-state index < -0.39 is 51.4 Å². The van der Waals surface area contributed by atoms with Crippen LogP contribution in [0.1, 0.15) is 58.3 Å². The van der Waals surface area contributed by atoms with Crippen molar-refractivity contribution in [2.75, 3.05) is 91.9 Å². The first-order valence-electron chi connectivity index (χ1n) is 21.4. The summed E-state index contributed by atoms with van der Waals surface area (Å²) in [6, 6.07) is 10.5. The van der Waals surface area contributed by atoms with Gasteiger partial charge in [0.15, 0.2) is 0 Å². The van der Waals surface area contributed by atoms with Gasteiger partial charge in [0.1, 0.15) is 0 Å². The molecule has 20 heteroatoms. The molecule has 0 heterocycles. The molecule has 1 aliphatic rings. The minimum atomic E-state index is -2.66. The zero-order valence-electron chi connectivity index (χ0n) is 39.5. The average Bonchev–Trinajstić information content (AvgIpc) is 3.65. The fourth-order valence-corrected chi connectivity index (χ4v) is 25.5. The summed E-state index contributed by atoms with van der Waals surface area (Å²) in [4.78, 5) is 12.2. The largest absolute Gasteiger partial charge is 0.500 e. The first-order chi connectivity index (χ1) is 27.5. The number of amides is 1. The number of carbonyl (C=O) groups is 1. The van der Waals surface area contributed by atoms with Crippen LogP contribution in [0.2, 0.25) is 73.5 Å². The zero-order valence-corrected chi connectivity index (χ0v) is 45.5. The van der Waals surface area contributed by atoms with Gasteiger partial charge in [-0.3, -0.25) is 4.79 Å². The highest BCUT2D eigenvalue weighted by Gasteiger charge is 2.44. The molecule has 1 rings (SSSR count). The second-order valence-electron chi connectivity index (χ2n) is 17.1. The summed E-state index contributed by atoms with van der Waals surface area (Å²) in [5, 5.41) is 3.21. The van der Waals surface area contributed by atoms with E-state index in [2.05, 4.69) is 18.4 Å². The molecule has 0 radical (unpaired) electrons. The maximum absolute atomic E-state index is 12.2. The Labute approximate surface area is 360 Å². The lowest BCUT2D eigenvalue weighted by Crippen LogP contribution is -2.44. The van der Waals surface area contributed by atoms with E-state index in [9.17, 15) is 4.79 Å². The Kier molecular flexibility index (Phi) is 27.3. The molecule has 0 saturated heterocycles. The lowest BCUT2D eigenvalue weighted by molar-refractivity contribution is -0.119. The third-order valence-electron chi connectivity index (χ3n) is 13.6. The van der Waals surface area contributed by atoms with E-state index in [1.807, 2.05) is 0 Å². The Morgan fingerprint density at radius 1 is 0.431 bits per heavy atom. The van der Waals surface area contributed by atoms with Gasteiger partial charge in [0.2, 0.25) is 5.91 Å². The smallest absolute Gasteiger partial charge is 0.377 e. The normalized spacial score (nSPS) is 18.6. The number of carbonyl (C=O) groups excluding carboxylic acids is 1. The van der Waals surface area contributed by atoms with Gasteiger partial charge in [0.05, 0.1) is 16.1 Å². The van der Waals surface area contributed by atoms with Gasteiger partial charge in [-0.2, -0.15) is 0 Å². The minimum absolute atomic E-state index is 0.0520. The quantitative estimate of drug-likeness (QED) is 0.0613. The third-order valence-corrected chi connectivity index (χ3v) is 34.2. The molecule has 1 amide bonds. The molecule has 3 unspecified atom stereocenters. The first kappa shape index (κ1) is 56.3. The van der Waals surface area contributed by atoms with Crippen molar-refractivity contribution in [3.05, 3.63) is 0 Å². The van der Waals surface area contributed by atoms with Crippen molar-refractivity contribution in [3.63, 3.8) is 0 Å². The van der Waals surface area contributed by atoms with Crippen LogP contribution >= 0.6 is 0 Å². The topological polar surface area (TPSA) is 140 Å². The standard InChI is InChI=1S/C38H87NO13Si6/c1-35(40)39-34-38-33-36(20-30-53(14,22-16-26-55(41-2,42-3)43-4)23-17-27-56(44-5,45-6)46-7)32-37(38)21-31-54(15,24-18-28-57(47-8,48-9)49-10)25-19-29-58(50-11,51-12)52-13/h36-38H,16-34H2,1-15H3,(H,39,40). The van der Waals surface area contributed by atoms with Gasteiger partial charge in [-0.25, -0.2) is 0 Å². The summed E-state index contributed by atoms with van der Waals surface area (Å²) in [5.41, 5.74) is 0. The van der Waals surface area contributed by atoms with Crippen LogP contribution in [0.4, 0.5) is 0 Å². The summed E-state index contributed by atoms with van der Waals surface area (Å²) in [6.45, 7) is 7.55. The molecule has 1 fully saturated rings. The number of hydrogen-bond donors (Lipinski definition) is 1. The lowest BCUT2D eigenvalue weighted by atomic mass is 9.93. The maximum Gasteiger partial charge on any atom is 0.500 e. The van der Waals surface area contributed by atoms with Crippen LogP contribution in [0.5, 0.6) is 0 Å². The Bertz CT molecular complexity index is 1020. The maximum atomic E-state index is 12.2. The van der Waals surface area contributed by atoms with Gasteiger partial charge in [0, 0.05) is 123 Å². The summed E-state index contributed by atoms with van der Waals surface area (Å²) in [7, 11) is 6.31. The second-order valence-corrected chi connectivity index (χ2v) is 39.7. The molecule has 0 aromatic rings. The molecule has 346 valence electrons. The van der Waals surface area contributed by atoms with Gasteiger partial charge in [-0.05, 0) is 30.6 Å². The summed E-state index contributed by atoms with van der Waals surface area (Å²) in [6.07, 6.45) is 8.89. The van der Waals surface area contributed by atoms with Crippen molar-refractivity contribution < 1.29 is 57.9 Å². The predicted molar refractivity (Wildman–Crippen MR) is 245 cm³/mol. The monoisotopic (exact) mass is 933 g/mol. The van der Waals surface area contributed by atoms with Crippen LogP contribution in [0.15, 0.2) is 0 Å². The fraction of sp³-hybridized carbons (Fsp3) is 0.974. The van der Waals surface area contributed by atoms with Gasteiger partial charge >= 0.3 is 35.2 Å². The van der Waals surface area contributed by atoms with Crippen molar-refractivity contribution in [1.29, 1.82) is 0 Å². The Hall–Kier alpha value is 0.291. The zero-order chi connectivity index (χ0) is 43.9. The molecule has 58 heavy (non-hydrogen) atoms. The van der Waals surface area contributed by atoms with Crippen LogP contribution in [0.3, 0.4) is 0 Å². The van der Waals surface area contributed by atoms with Crippen molar-refractivity contribution in [3.8, 4) is 0 Å². The molecule has 0 aliphatic heterocycles. The van der Waals surface area contributed by atoms with Crippen molar-refractivity contribution in [2.24, 2.45) is 17.8 Å². The van der Waals surface area contributed by atoms with E-state index in [4.69, 9.17) is 53.1 Å². The molecule has 14 nitrogen and oxygen atoms in total. The van der Waals surface area contributed by atoms with Crippen LogP contribution < -0.4 is 5.32 Å². The van der Waals surface area contributed by atoms with Crippen molar-refractivity contribution >= 4 is 57.3 Å². The highest BCUT2D eigenvalue weighted by Crippen LogP contribution is 2.45. The molecule has 0 aromatic carbocycles. The van der Waals surface area contributed by atoms with E-state index in [0.717, 1.165) is 56.4 Å². The number of hydrogen-bond acceptors (Lipinski definition) is 13. The third kappa shape index (κ3) is 18.2. The van der Waals surface area contributed by atoms with Gasteiger partial charge < -0.3 is 58.4 Å². The molecular formula is C38H87NO13Si6. The fourth-order valence-electron chi connectivity index (χ4n) is 9.44. The summed E-state index contributed by atoms with van der Waals surface area (Å²) >= 11 is 0. The van der Waals surface area contributed by atoms with E-state index in [0.29, 0.717) is 17.8 Å². The van der Waals surface area contributed by atoms with Crippen LogP contribution in [0.25, 0.3) is 0 Å².